The highest BCUT2D eigenvalue weighted by molar-refractivity contribution is 6.30. The van der Waals surface area contributed by atoms with Crippen LogP contribution in [0, 0.1) is 5.92 Å². The Morgan fingerprint density at radius 3 is 2.49 bits per heavy atom. The van der Waals surface area contributed by atoms with Crippen LogP contribution in [0.4, 0.5) is 0 Å². The Hall–Kier alpha value is -2.05. The zero-order valence-electron chi connectivity index (χ0n) is 20.8. The number of aliphatic hydroxyl groups is 1. The van der Waals surface area contributed by atoms with Crippen molar-refractivity contribution in [3.05, 3.63) is 64.3 Å². The van der Waals surface area contributed by atoms with E-state index in [1.54, 1.807) is 7.11 Å². The molecule has 1 aromatic heterocycles. The molecule has 3 heterocycles. The topological polar surface area (TPSA) is 40.9 Å². The van der Waals surface area contributed by atoms with Gasteiger partial charge in [0, 0.05) is 54.3 Å². The SMILES string of the molecule is COc1ccc2c3c(n(C)c2c1)[C@H](CO)N(Cc1ccc(Cl)cc1)CC31CCN(CC2CC2)CC1. The van der Waals surface area contributed by atoms with Gasteiger partial charge in [-0.3, -0.25) is 4.90 Å². The molecule has 0 radical (unpaired) electrons. The molecule has 1 N–H and O–H groups in total. The first-order valence-electron chi connectivity index (χ1n) is 13.0. The Labute approximate surface area is 213 Å². The van der Waals surface area contributed by atoms with Crippen LogP contribution < -0.4 is 4.74 Å². The minimum atomic E-state index is -0.0424. The molecule has 0 bridgehead atoms. The standard InChI is InChI=1S/C29H36ClN3O2/c1-31-25-15-23(35-2)9-10-24(25)27-28(31)26(18-34)33(17-21-5-7-22(30)8-6-21)19-29(27)11-13-32(14-12-29)16-20-3-4-20/h5-10,15,20,26,34H,3-4,11-14,16-19H2,1-2H3/t26-/m0/s1. The molecule has 186 valence electrons. The fourth-order valence-corrected chi connectivity index (χ4v) is 6.82. The van der Waals surface area contributed by atoms with Crippen LogP contribution in [-0.2, 0) is 19.0 Å². The second-order valence-corrected chi connectivity index (χ2v) is 11.4. The number of rotatable bonds is 6. The van der Waals surface area contributed by atoms with Crippen LogP contribution in [0.2, 0.25) is 5.02 Å². The minimum absolute atomic E-state index is 0.0424. The van der Waals surface area contributed by atoms with E-state index in [1.807, 2.05) is 12.1 Å². The van der Waals surface area contributed by atoms with Gasteiger partial charge < -0.3 is 19.3 Å². The van der Waals surface area contributed by atoms with E-state index in [1.165, 1.54) is 47.1 Å². The van der Waals surface area contributed by atoms with Gasteiger partial charge in [-0.15, -0.1) is 0 Å². The summed E-state index contributed by atoms with van der Waals surface area (Å²) in [5.74, 6) is 1.80. The number of benzene rings is 2. The van der Waals surface area contributed by atoms with E-state index in [-0.39, 0.29) is 18.1 Å². The smallest absolute Gasteiger partial charge is 0.120 e. The summed E-state index contributed by atoms with van der Waals surface area (Å²) in [7, 11) is 3.89. The third-order valence-electron chi connectivity index (χ3n) is 8.74. The number of nitrogens with zero attached hydrogens (tertiary/aromatic N) is 3. The fraction of sp³-hybridized carbons (Fsp3) is 0.517. The van der Waals surface area contributed by atoms with Gasteiger partial charge in [-0.05, 0) is 80.1 Å². The van der Waals surface area contributed by atoms with Gasteiger partial charge in [-0.25, -0.2) is 0 Å². The number of piperidine rings is 1. The predicted molar refractivity (Wildman–Crippen MR) is 141 cm³/mol. The predicted octanol–water partition coefficient (Wildman–Crippen LogP) is 5.13. The third-order valence-corrected chi connectivity index (χ3v) is 9.00. The maximum atomic E-state index is 10.7. The van der Waals surface area contributed by atoms with Gasteiger partial charge in [0.05, 0.1) is 25.3 Å². The second kappa shape index (κ2) is 9.11. The van der Waals surface area contributed by atoms with Gasteiger partial charge in [0.15, 0.2) is 0 Å². The lowest BCUT2D eigenvalue weighted by Crippen LogP contribution is -2.54. The number of ether oxygens (including phenoxy) is 1. The van der Waals surface area contributed by atoms with E-state index >= 15 is 0 Å². The van der Waals surface area contributed by atoms with E-state index in [0.717, 1.165) is 55.7 Å². The Kier molecular flexibility index (Phi) is 6.08. The Morgan fingerprint density at radius 2 is 1.83 bits per heavy atom. The van der Waals surface area contributed by atoms with Crippen LogP contribution in [0.3, 0.4) is 0 Å². The lowest BCUT2D eigenvalue weighted by molar-refractivity contribution is 0.0409. The molecule has 1 atom stereocenters. The highest BCUT2D eigenvalue weighted by atomic mass is 35.5. The number of methoxy groups -OCH3 is 1. The van der Waals surface area contributed by atoms with Crippen molar-refractivity contribution in [1.82, 2.24) is 14.4 Å². The summed E-state index contributed by atoms with van der Waals surface area (Å²) in [5, 5.41) is 12.8. The number of fused-ring (bicyclic) bond motifs is 4. The van der Waals surface area contributed by atoms with Gasteiger partial charge >= 0.3 is 0 Å². The van der Waals surface area contributed by atoms with E-state index < -0.39 is 0 Å². The molecule has 1 saturated heterocycles. The Balaban J connectivity index is 1.44. The molecule has 35 heavy (non-hydrogen) atoms. The zero-order chi connectivity index (χ0) is 24.2. The van der Waals surface area contributed by atoms with Crippen molar-refractivity contribution in [3.8, 4) is 5.75 Å². The summed E-state index contributed by atoms with van der Waals surface area (Å²) in [5.41, 5.74) is 5.25. The summed E-state index contributed by atoms with van der Waals surface area (Å²) in [4.78, 5) is 5.21. The molecule has 2 aromatic carbocycles. The second-order valence-electron chi connectivity index (χ2n) is 11.0. The zero-order valence-corrected chi connectivity index (χ0v) is 21.6. The Bertz CT molecular complexity index is 1210. The van der Waals surface area contributed by atoms with E-state index in [4.69, 9.17) is 16.3 Å². The number of likely N-dealkylation sites (tertiary alicyclic amines) is 1. The highest BCUT2D eigenvalue weighted by Gasteiger charge is 2.48. The molecule has 6 heteroatoms. The van der Waals surface area contributed by atoms with Crippen LogP contribution in [0.5, 0.6) is 5.75 Å². The van der Waals surface area contributed by atoms with Crippen LogP contribution in [0.25, 0.3) is 10.9 Å². The van der Waals surface area contributed by atoms with Crippen molar-refractivity contribution in [2.75, 3.05) is 39.9 Å². The average molecular weight is 494 g/mol. The molecule has 1 aliphatic carbocycles. The number of aliphatic hydroxyl groups excluding tert-OH is 1. The molecule has 0 unspecified atom stereocenters. The number of halogens is 1. The highest BCUT2D eigenvalue weighted by Crippen LogP contribution is 2.50. The van der Waals surface area contributed by atoms with Crippen molar-refractivity contribution < 1.29 is 9.84 Å². The van der Waals surface area contributed by atoms with Crippen molar-refractivity contribution >= 4 is 22.5 Å². The molecule has 2 aliphatic heterocycles. The number of aryl methyl sites for hydroxylation is 1. The molecule has 1 spiro atoms. The van der Waals surface area contributed by atoms with Crippen molar-refractivity contribution in [2.24, 2.45) is 13.0 Å². The largest absolute Gasteiger partial charge is 0.497 e. The fourth-order valence-electron chi connectivity index (χ4n) is 6.69. The van der Waals surface area contributed by atoms with E-state index in [9.17, 15) is 5.11 Å². The third kappa shape index (κ3) is 4.17. The molecule has 2 fully saturated rings. The van der Waals surface area contributed by atoms with Gasteiger partial charge in [-0.1, -0.05) is 23.7 Å². The molecule has 3 aromatic rings. The molecule has 5 nitrogen and oxygen atoms in total. The van der Waals surface area contributed by atoms with Gasteiger partial charge in [0.25, 0.3) is 0 Å². The first kappa shape index (κ1) is 23.4. The normalized spacial score (nSPS) is 22.6. The van der Waals surface area contributed by atoms with Gasteiger partial charge in [0.2, 0.25) is 0 Å². The van der Waals surface area contributed by atoms with E-state index in [2.05, 4.69) is 51.7 Å². The minimum Gasteiger partial charge on any atom is -0.497 e. The molecule has 3 aliphatic rings. The first-order chi connectivity index (χ1) is 17.0. The quantitative estimate of drug-likeness (QED) is 0.516. The summed E-state index contributed by atoms with van der Waals surface area (Å²) in [6, 6.07) is 14.6. The van der Waals surface area contributed by atoms with Crippen molar-refractivity contribution in [3.63, 3.8) is 0 Å². The summed E-state index contributed by atoms with van der Waals surface area (Å²) < 4.78 is 7.90. The number of hydrogen-bond donors (Lipinski definition) is 1. The van der Waals surface area contributed by atoms with E-state index in [0.29, 0.717) is 0 Å². The van der Waals surface area contributed by atoms with Crippen LogP contribution in [-0.4, -0.2) is 59.4 Å². The van der Waals surface area contributed by atoms with Crippen LogP contribution in [0.1, 0.15) is 48.5 Å². The number of hydrogen-bond acceptors (Lipinski definition) is 4. The maximum Gasteiger partial charge on any atom is 0.120 e. The molecular formula is C29H36ClN3O2. The monoisotopic (exact) mass is 493 g/mol. The summed E-state index contributed by atoms with van der Waals surface area (Å²) in [6.07, 6.45) is 5.13. The first-order valence-corrected chi connectivity index (χ1v) is 13.4. The number of aromatic nitrogens is 1. The maximum absolute atomic E-state index is 10.7. The van der Waals surface area contributed by atoms with Crippen molar-refractivity contribution in [1.29, 1.82) is 0 Å². The molecule has 0 amide bonds. The summed E-state index contributed by atoms with van der Waals surface area (Å²) in [6.45, 7) is 5.45. The summed E-state index contributed by atoms with van der Waals surface area (Å²) >= 11 is 6.17. The lowest BCUT2D eigenvalue weighted by atomic mass is 9.68. The lowest BCUT2D eigenvalue weighted by Gasteiger charge is -2.50. The van der Waals surface area contributed by atoms with Gasteiger partial charge in [0.1, 0.15) is 5.75 Å². The molecule has 6 rings (SSSR count). The molecule has 1 saturated carbocycles. The van der Waals surface area contributed by atoms with Crippen LogP contribution in [0.15, 0.2) is 42.5 Å². The van der Waals surface area contributed by atoms with Crippen LogP contribution >= 0.6 is 11.6 Å². The average Bonchev–Trinajstić information content (AvgIpc) is 3.65. The molecular weight excluding hydrogens is 458 g/mol. The van der Waals surface area contributed by atoms with Gasteiger partial charge in [-0.2, -0.15) is 0 Å². The van der Waals surface area contributed by atoms with Crippen molar-refractivity contribution in [2.45, 2.75) is 43.7 Å². The Morgan fingerprint density at radius 1 is 1.09 bits per heavy atom.